The second-order valence-corrected chi connectivity index (χ2v) is 6.25. The van der Waals surface area contributed by atoms with Gasteiger partial charge >= 0.3 is 0 Å². The average Bonchev–Trinajstić information content (AvgIpc) is 3.08. The maximum absolute atomic E-state index is 5.79. The van der Waals surface area contributed by atoms with E-state index in [9.17, 15) is 0 Å². The molecule has 0 N–H and O–H groups in total. The van der Waals surface area contributed by atoms with Gasteiger partial charge in [-0.05, 0) is 57.3 Å². The van der Waals surface area contributed by atoms with Crippen LogP contribution in [0.2, 0.25) is 0 Å². The molecule has 0 aromatic heterocycles. The Labute approximate surface area is 91.3 Å². The summed E-state index contributed by atoms with van der Waals surface area (Å²) in [5.74, 6) is 1.87. The Hall–Kier alpha value is -0.0800. The van der Waals surface area contributed by atoms with Crippen LogP contribution in [0.25, 0.3) is 0 Å². The summed E-state index contributed by atoms with van der Waals surface area (Å²) in [7, 11) is 0. The van der Waals surface area contributed by atoms with Gasteiger partial charge in [-0.1, -0.05) is 0 Å². The number of rotatable bonds is 1. The normalized spacial score (nSPS) is 61.8. The van der Waals surface area contributed by atoms with Gasteiger partial charge in [0.15, 0.2) is 0 Å². The van der Waals surface area contributed by atoms with Crippen molar-refractivity contribution in [1.29, 1.82) is 0 Å². The molecule has 84 valence electrons. The third-order valence-corrected chi connectivity index (χ3v) is 5.21. The third-order valence-electron chi connectivity index (χ3n) is 5.21. The lowest BCUT2D eigenvalue weighted by Gasteiger charge is -2.32. The molecule has 2 saturated carbocycles. The Balaban J connectivity index is 1.44. The fourth-order valence-corrected chi connectivity index (χ4v) is 4.09. The Morgan fingerprint density at radius 1 is 1.00 bits per heavy atom. The molecule has 2 heteroatoms. The van der Waals surface area contributed by atoms with E-state index in [0.29, 0.717) is 18.3 Å². The third kappa shape index (κ3) is 1.38. The van der Waals surface area contributed by atoms with Gasteiger partial charge in [-0.15, -0.1) is 0 Å². The van der Waals surface area contributed by atoms with E-state index in [1.54, 1.807) is 0 Å². The predicted octanol–water partition coefficient (Wildman–Crippen LogP) is 2.51. The number of fused-ring (bicyclic) bond motifs is 2. The van der Waals surface area contributed by atoms with Gasteiger partial charge in [0.1, 0.15) is 0 Å². The fraction of sp³-hybridized carbons (Fsp3) is 1.00. The van der Waals surface area contributed by atoms with Crippen LogP contribution in [0, 0.1) is 11.8 Å². The molecular formula is C13H20O2. The molecule has 0 amide bonds. The number of hydrogen-bond acceptors (Lipinski definition) is 2. The zero-order valence-electron chi connectivity index (χ0n) is 9.45. The monoisotopic (exact) mass is 208 g/mol. The first-order chi connectivity index (χ1) is 7.24. The van der Waals surface area contributed by atoms with Crippen molar-refractivity contribution in [1.82, 2.24) is 0 Å². The average molecular weight is 208 g/mol. The van der Waals surface area contributed by atoms with E-state index in [1.165, 1.54) is 38.5 Å². The van der Waals surface area contributed by atoms with Crippen LogP contribution in [0.1, 0.15) is 45.4 Å². The van der Waals surface area contributed by atoms with Crippen LogP contribution in [-0.4, -0.2) is 23.9 Å². The number of hydrogen-bond donors (Lipinski definition) is 0. The van der Waals surface area contributed by atoms with Crippen LogP contribution in [-0.2, 0) is 9.47 Å². The zero-order chi connectivity index (χ0) is 10.0. The highest BCUT2D eigenvalue weighted by molar-refractivity contribution is 5.06. The first-order valence-corrected chi connectivity index (χ1v) is 6.58. The summed E-state index contributed by atoms with van der Waals surface area (Å²) in [6.07, 6.45) is 10.0. The van der Waals surface area contributed by atoms with Crippen molar-refractivity contribution in [2.24, 2.45) is 11.8 Å². The molecule has 0 aromatic rings. The van der Waals surface area contributed by atoms with Crippen molar-refractivity contribution >= 4 is 0 Å². The Bertz CT molecular complexity index is 290. The van der Waals surface area contributed by atoms with Gasteiger partial charge in [-0.2, -0.15) is 0 Å². The van der Waals surface area contributed by atoms with Crippen molar-refractivity contribution in [3.63, 3.8) is 0 Å². The molecule has 2 aliphatic heterocycles. The largest absolute Gasteiger partial charge is 0.370 e. The molecule has 2 heterocycles. The Morgan fingerprint density at radius 2 is 1.87 bits per heavy atom. The van der Waals surface area contributed by atoms with Gasteiger partial charge in [0, 0.05) is 0 Å². The summed E-state index contributed by atoms with van der Waals surface area (Å²) in [6, 6.07) is 0. The molecule has 0 bridgehead atoms. The molecular weight excluding hydrogens is 188 g/mol. The standard InChI is InChI=1S/C13H20O2/c1-13-7-9(3-5-12(13)15-13)8-2-4-10-11(6-8)14-10/h8-12H,2-7H2,1H3. The Morgan fingerprint density at radius 3 is 2.67 bits per heavy atom. The lowest BCUT2D eigenvalue weighted by atomic mass is 9.71. The van der Waals surface area contributed by atoms with Crippen molar-refractivity contribution < 1.29 is 9.47 Å². The maximum Gasteiger partial charge on any atom is 0.0923 e. The molecule has 15 heavy (non-hydrogen) atoms. The summed E-state index contributed by atoms with van der Waals surface area (Å²) in [5, 5.41) is 0. The van der Waals surface area contributed by atoms with Crippen LogP contribution in [0.15, 0.2) is 0 Å². The highest BCUT2D eigenvalue weighted by atomic mass is 16.6. The van der Waals surface area contributed by atoms with E-state index in [-0.39, 0.29) is 5.60 Å². The minimum atomic E-state index is 0.282. The molecule has 4 fully saturated rings. The van der Waals surface area contributed by atoms with E-state index in [2.05, 4.69) is 6.92 Å². The first-order valence-electron chi connectivity index (χ1n) is 6.58. The maximum atomic E-state index is 5.79. The molecule has 4 rings (SSSR count). The summed E-state index contributed by atoms with van der Waals surface area (Å²) < 4.78 is 11.4. The van der Waals surface area contributed by atoms with E-state index >= 15 is 0 Å². The highest BCUT2D eigenvalue weighted by Gasteiger charge is 2.57. The van der Waals surface area contributed by atoms with Gasteiger partial charge in [-0.3, -0.25) is 0 Å². The van der Waals surface area contributed by atoms with Crippen molar-refractivity contribution in [3.8, 4) is 0 Å². The molecule has 2 nitrogen and oxygen atoms in total. The summed E-state index contributed by atoms with van der Waals surface area (Å²) in [6.45, 7) is 2.31. The molecule has 0 aromatic carbocycles. The van der Waals surface area contributed by atoms with Crippen molar-refractivity contribution in [2.45, 2.75) is 69.4 Å². The van der Waals surface area contributed by atoms with Crippen LogP contribution in [0.3, 0.4) is 0 Å². The topological polar surface area (TPSA) is 25.1 Å². The van der Waals surface area contributed by atoms with Crippen molar-refractivity contribution in [3.05, 3.63) is 0 Å². The SMILES string of the molecule is CC12CC(C3CCC4OC4C3)CCC1O2. The van der Waals surface area contributed by atoms with E-state index < -0.39 is 0 Å². The smallest absolute Gasteiger partial charge is 0.0923 e. The van der Waals surface area contributed by atoms with Gasteiger partial charge in [-0.25, -0.2) is 0 Å². The van der Waals surface area contributed by atoms with E-state index in [4.69, 9.17) is 9.47 Å². The van der Waals surface area contributed by atoms with Crippen LogP contribution in [0.5, 0.6) is 0 Å². The number of ether oxygens (including phenoxy) is 2. The minimum Gasteiger partial charge on any atom is -0.370 e. The first kappa shape index (κ1) is 9.00. The van der Waals surface area contributed by atoms with Gasteiger partial charge in [0.25, 0.3) is 0 Å². The molecule has 2 saturated heterocycles. The molecule has 6 atom stereocenters. The van der Waals surface area contributed by atoms with Crippen LogP contribution in [0.4, 0.5) is 0 Å². The molecule has 0 radical (unpaired) electrons. The lowest BCUT2D eigenvalue weighted by molar-refractivity contribution is 0.186. The highest BCUT2D eigenvalue weighted by Crippen LogP contribution is 2.54. The Kier molecular flexibility index (Phi) is 1.67. The van der Waals surface area contributed by atoms with Crippen molar-refractivity contribution in [2.75, 3.05) is 0 Å². The quantitative estimate of drug-likeness (QED) is 0.619. The van der Waals surface area contributed by atoms with Crippen LogP contribution >= 0.6 is 0 Å². The summed E-state index contributed by atoms with van der Waals surface area (Å²) >= 11 is 0. The minimum absolute atomic E-state index is 0.282. The molecule has 6 unspecified atom stereocenters. The van der Waals surface area contributed by atoms with Gasteiger partial charge in [0.05, 0.1) is 23.9 Å². The summed E-state index contributed by atoms with van der Waals surface area (Å²) in [5.41, 5.74) is 0.282. The second-order valence-electron chi connectivity index (χ2n) is 6.25. The number of epoxide rings is 2. The molecule has 0 spiro atoms. The van der Waals surface area contributed by atoms with Crippen LogP contribution < -0.4 is 0 Å². The summed E-state index contributed by atoms with van der Waals surface area (Å²) in [4.78, 5) is 0. The molecule has 2 aliphatic carbocycles. The lowest BCUT2D eigenvalue weighted by Crippen LogP contribution is -2.30. The van der Waals surface area contributed by atoms with E-state index in [0.717, 1.165) is 11.8 Å². The van der Waals surface area contributed by atoms with Gasteiger partial charge < -0.3 is 9.47 Å². The predicted molar refractivity (Wildman–Crippen MR) is 56.6 cm³/mol. The second kappa shape index (κ2) is 2.78. The molecule has 4 aliphatic rings. The zero-order valence-corrected chi connectivity index (χ0v) is 9.45. The van der Waals surface area contributed by atoms with Gasteiger partial charge in [0.2, 0.25) is 0 Å². The van der Waals surface area contributed by atoms with E-state index in [1.807, 2.05) is 0 Å². The fourth-order valence-electron chi connectivity index (χ4n) is 4.09.